The SMILES string of the molecule is O=C(OCC(=O)c1c[nH]c2ccccc12)c1ccccc1Nc1cccc(C(F)(F)F)c1. The van der Waals surface area contributed by atoms with Crippen molar-refractivity contribution in [3.8, 4) is 0 Å². The number of esters is 1. The average molecular weight is 438 g/mol. The minimum atomic E-state index is -4.49. The molecule has 4 aromatic rings. The molecule has 3 aromatic carbocycles. The van der Waals surface area contributed by atoms with Gasteiger partial charge in [-0.1, -0.05) is 36.4 Å². The van der Waals surface area contributed by atoms with Gasteiger partial charge in [-0.2, -0.15) is 13.2 Å². The topological polar surface area (TPSA) is 71.2 Å². The molecule has 0 spiro atoms. The van der Waals surface area contributed by atoms with E-state index in [-0.39, 0.29) is 22.7 Å². The Morgan fingerprint density at radius 2 is 1.66 bits per heavy atom. The van der Waals surface area contributed by atoms with Gasteiger partial charge in [0.2, 0.25) is 5.78 Å². The normalized spacial score (nSPS) is 11.3. The number of rotatable bonds is 6. The number of hydrogen-bond acceptors (Lipinski definition) is 4. The van der Waals surface area contributed by atoms with Gasteiger partial charge in [0.15, 0.2) is 6.61 Å². The summed E-state index contributed by atoms with van der Waals surface area (Å²) >= 11 is 0. The standard InChI is InChI=1S/C24H17F3N2O3/c25-24(26,27)15-6-5-7-16(12-15)29-21-11-4-2-9-18(21)23(31)32-14-22(30)19-13-28-20-10-3-1-8-17(19)20/h1-13,28-29H,14H2. The van der Waals surface area contributed by atoms with Gasteiger partial charge < -0.3 is 15.0 Å². The number of aromatic amines is 1. The van der Waals surface area contributed by atoms with Crippen LogP contribution in [0.1, 0.15) is 26.3 Å². The van der Waals surface area contributed by atoms with Crippen LogP contribution in [0.4, 0.5) is 24.5 Å². The quantitative estimate of drug-likeness (QED) is 0.287. The van der Waals surface area contributed by atoms with E-state index in [1.807, 2.05) is 12.1 Å². The van der Waals surface area contributed by atoms with Crippen LogP contribution in [0.25, 0.3) is 10.9 Å². The highest BCUT2D eigenvalue weighted by Gasteiger charge is 2.30. The Kier molecular flexibility index (Phi) is 5.68. The maximum Gasteiger partial charge on any atom is 0.416 e. The summed E-state index contributed by atoms with van der Waals surface area (Å²) in [5.74, 6) is -1.15. The molecule has 0 radical (unpaired) electrons. The van der Waals surface area contributed by atoms with Crippen molar-refractivity contribution in [1.29, 1.82) is 0 Å². The second-order valence-corrected chi connectivity index (χ2v) is 7.00. The number of nitrogens with one attached hydrogen (secondary N) is 2. The zero-order chi connectivity index (χ0) is 22.7. The number of H-pyrrole nitrogens is 1. The van der Waals surface area contributed by atoms with Crippen molar-refractivity contribution in [3.05, 3.63) is 95.7 Å². The second-order valence-electron chi connectivity index (χ2n) is 7.00. The van der Waals surface area contributed by atoms with Crippen LogP contribution in [-0.2, 0) is 10.9 Å². The minimum absolute atomic E-state index is 0.0941. The molecule has 32 heavy (non-hydrogen) atoms. The molecule has 0 amide bonds. The van der Waals surface area contributed by atoms with Crippen LogP contribution in [0.5, 0.6) is 0 Å². The van der Waals surface area contributed by atoms with Crippen molar-refractivity contribution < 1.29 is 27.5 Å². The number of ketones is 1. The molecule has 8 heteroatoms. The Morgan fingerprint density at radius 3 is 2.47 bits per heavy atom. The van der Waals surface area contributed by atoms with Crippen molar-refractivity contribution >= 4 is 34.0 Å². The molecule has 1 heterocycles. The Balaban J connectivity index is 1.49. The molecule has 2 N–H and O–H groups in total. The number of alkyl halides is 3. The highest BCUT2D eigenvalue weighted by Crippen LogP contribution is 2.32. The number of hydrogen-bond donors (Lipinski definition) is 2. The molecule has 0 bridgehead atoms. The largest absolute Gasteiger partial charge is 0.454 e. The smallest absolute Gasteiger partial charge is 0.416 e. The number of halogens is 3. The van der Waals surface area contributed by atoms with E-state index in [2.05, 4.69) is 10.3 Å². The van der Waals surface area contributed by atoms with Gasteiger partial charge in [0, 0.05) is 28.4 Å². The van der Waals surface area contributed by atoms with E-state index >= 15 is 0 Å². The van der Waals surface area contributed by atoms with Crippen LogP contribution in [0.2, 0.25) is 0 Å². The summed E-state index contributed by atoms with van der Waals surface area (Å²) in [5.41, 5.74) is 0.899. The summed E-state index contributed by atoms with van der Waals surface area (Å²) < 4.78 is 44.1. The van der Waals surface area contributed by atoms with Gasteiger partial charge in [0.1, 0.15) is 0 Å². The number of Topliss-reactive ketones (excluding diaryl/α,β-unsaturated/α-hetero) is 1. The van der Waals surface area contributed by atoms with Crippen LogP contribution in [0, 0.1) is 0 Å². The maximum absolute atomic E-state index is 13.0. The van der Waals surface area contributed by atoms with Crippen LogP contribution in [-0.4, -0.2) is 23.3 Å². The zero-order valence-electron chi connectivity index (χ0n) is 16.6. The van der Waals surface area contributed by atoms with E-state index in [0.717, 1.165) is 23.0 Å². The number of anilines is 2. The first-order valence-corrected chi connectivity index (χ1v) is 9.62. The molecule has 0 aliphatic carbocycles. The van der Waals surface area contributed by atoms with Crippen LogP contribution in [0.15, 0.2) is 79.0 Å². The highest BCUT2D eigenvalue weighted by atomic mass is 19.4. The summed E-state index contributed by atoms with van der Waals surface area (Å²) in [6.45, 7) is -0.474. The van der Waals surface area contributed by atoms with Crippen molar-refractivity contribution in [2.75, 3.05) is 11.9 Å². The molecule has 0 fully saturated rings. The van der Waals surface area contributed by atoms with Crippen LogP contribution < -0.4 is 5.32 Å². The number of carbonyl (C=O) groups is 2. The van der Waals surface area contributed by atoms with Crippen molar-refractivity contribution in [2.45, 2.75) is 6.18 Å². The average Bonchev–Trinajstić information content (AvgIpc) is 3.21. The van der Waals surface area contributed by atoms with E-state index in [1.54, 1.807) is 36.5 Å². The molecule has 0 saturated carbocycles. The fourth-order valence-electron chi connectivity index (χ4n) is 3.29. The molecule has 0 aliphatic heterocycles. The van der Waals surface area contributed by atoms with Gasteiger partial charge in [-0.3, -0.25) is 4.79 Å². The predicted octanol–water partition coefficient (Wildman–Crippen LogP) is 5.97. The molecule has 162 valence electrons. The molecule has 4 rings (SSSR count). The van der Waals surface area contributed by atoms with Crippen molar-refractivity contribution in [1.82, 2.24) is 4.98 Å². The third kappa shape index (κ3) is 4.49. The molecule has 0 unspecified atom stereocenters. The molecular weight excluding hydrogens is 421 g/mol. The summed E-state index contributed by atoms with van der Waals surface area (Å²) in [7, 11) is 0. The Hall–Kier alpha value is -4.07. The third-order valence-corrected chi connectivity index (χ3v) is 4.84. The van der Waals surface area contributed by atoms with Gasteiger partial charge >= 0.3 is 12.1 Å². The molecule has 5 nitrogen and oxygen atoms in total. The first-order chi connectivity index (χ1) is 15.3. The summed E-state index contributed by atoms with van der Waals surface area (Å²) in [4.78, 5) is 28.1. The fourth-order valence-corrected chi connectivity index (χ4v) is 3.29. The lowest BCUT2D eigenvalue weighted by Gasteiger charge is -2.13. The molecular formula is C24H17F3N2O3. The lowest BCUT2D eigenvalue weighted by molar-refractivity contribution is -0.137. The number of ether oxygens (including phenoxy) is 1. The van der Waals surface area contributed by atoms with Crippen LogP contribution in [0.3, 0.4) is 0 Å². The number of para-hydroxylation sites is 2. The number of aromatic nitrogens is 1. The Bertz CT molecular complexity index is 1290. The summed E-state index contributed by atoms with van der Waals surface area (Å²) in [5, 5.41) is 3.54. The van der Waals surface area contributed by atoms with Crippen LogP contribution >= 0.6 is 0 Å². The Morgan fingerprint density at radius 1 is 0.906 bits per heavy atom. The van der Waals surface area contributed by atoms with Gasteiger partial charge in [0.25, 0.3) is 0 Å². The predicted molar refractivity (Wildman–Crippen MR) is 114 cm³/mol. The van der Waals surface area contributed by atoms with E-state index in [4.69, 9.17) is 4.74 Å². The second kappa shape index (κ2) is 8.58. The molecule has 0 aliphatic rings. The first-order valence-electron chi connectivity index (χ1n) is 9.62. The van der Waals surface area contributed by atoms with Crippen molar-refractivity contribution in [2.24, 2.45) is 0 Å². The van der Waals surface area contributed by atoms with E-state index in [1.165, 1.54) is 18.2 Å². The van der Waals surface area contributed by atoms with Gasteiger partial charge in [-0.25, -0.2) is 4.79 Å². The Labute approximate surface area is 180 Å². The van der Waals surface area contributed by atoms with E-state index < -0.39 is 24.3 Å². The third-order valence-electron chi connectivity index (χ3n) is 4.84. The fraction of sp³-hybridized carbons (Fsp3) is 0.0833. The maximum atomic E-state index is 13.0. The molecule has 1 aromatic heterocycles. The first kappa shape index (κ1) is 21.2. The highest BCUT2D eigenvalue weighted by molar-refractivity contribution is 6.09. The number of carbonyl (C=O) groups excluding carboxylic acids is 2. The van der Waals surface area contributed by atoms with E-state index in [9.17, 15) is 22.8 Å². The summed E-state index contributed by atoms with van der Waals surface area (Å²) in [6.07, 6.45) is -2.93. The number of benzene rings is 3. The molecule has 0 saturated heterocycles. The summed E-state index contributed by atoms with van der Waals surface area (Å²) in [6, 6.07) is 18.1. The van der Waals surface area contributed by atoms with Gasteiger partial charge in [-0.15, -0.1) is 0 Å². The number of fused-ring (bicyclic) bond motifs is 1. The molecule has 0 atom stereocenters. The monoisotopic (exact) mass is 438 g/mol. The lowest BCUT2D eigenvalue weighted by Crippen LogP contribution is -2.15. The lowest BCUT2D eigenvalue weighted by atomic mass is 10.1. The van der Waals surface area contributed by atoms with E-state index in [0.29, 0.717) is 5.56 Å². The van der Waals surface area contributed by atoms with Crippen molar-refractivity contribution in [3.63, 3.8) is 0 Å². The van der Waals surface area contributed by atoms with Gasteiger partial charge in [-0.05, 0) is 36.4 Å². The minimum Gasteiger partial charge on any atom is -0.454 e. The van der Waals surface area contributed by atoms with Gasteiger partial charge in [0.05, 0.1) is 16.8 Å². The zero-order valence-corrected chi connectivity index (χ0v) is 16.6.